The number of rotatable bonds is 7. The molecule has 2 aromatic heterocycles. The molecule has 2 atom stereocenters. The Bertz CT molecular complexity index is 1670. The second-order valence-electron chi connectivity index (χ2n) is 11.1. The van der Waals surface area contributed by atoms with E-state index in [0.29, 0.717) is 49.4 Å². The lowest BCUT2D eigenvalue weighted by molar-refractivity contribution is 0.0796. The number of benzene rings is 2. The van der Waals surface area contributed by atoms with Crippen molar-refractivity contribution in [2.45, 2.75) is 25.3 Å². The second-order valence-corrected chi connectivity index (χ2v) is 11.1. The predicted molar refractivity (Wildman–Crippen MR) is 159 cm³/mol. The molecule has 1 fully saturated rings. The summed E-state index contributed by atoms with van der Waals surface area (Å²) in [6, 6.07) is 21.9. The number of carbonyl (C=O) groups excluding carboxylic acids is 2. The minimum absolute atomic E-state index is 0.0259. The monoisotopic (exact) mass is 565 g/mol. The third-order valence-corrected chi connectivity index (χ3v) is 8.19. The lowest BCUT2D eigenvalue weighted by Crippen LogP contribution is -2.47. The van der Waals surface area contributed by atoms with Gasteiger partial charge in [-0.3, -0.25) is 19.4 Å². The molecule has 2 aromatic carbocycles. The Morgan fingerprint density at radius 3 is 2.57 bits per heavy atom. The van der Waals surface area contributed by atoms with Gasteiger partial charge in [0.25, 0.3) is 17.4 Å². The zero-order valence-electron chi connectivity index (χ0n) is 23.4. The molecule has 2 amide bonds. The van der Waals surface area contributed by atoms with Crippen molar-refractivity contribution < 1.29 is 14.0 Å². The van der Waals surface area contributed by atoms with Crippen LogP contribution in [0.2, 0.25) is 0 Å². The summed E-state index contributed by atoms with van der Waals surface area (Å²) in [6.07, 6.45) is 3.35. The van der Waals surface area contributed by atoms with E-state index in [9.17, 15) is 18.8 Å². The summed E-state index contributed by atoms with van der Waals surface area (Å²) in [7, 11) is 1.75. The third kappa shape index (κ3) is 5.68. The number of halogens is 1. The summed E-state index contributed by atoms with van der Waals surface area (Å²) in [5.74, 6) is -0.535. The maximum absolute atomic E-state index is 13.5. The van der Waals surface area contributed by atoms with E-state index in [1.807, 2.05) is 41.0 Å². The number of aromatic nitrogens is 2. The first-order valence-corrected chi connectivity index (χ1v) is 14.2. The van der Waals surface area contributed by atoms with E-state index >= 15 is 0 Å². The Balaban J connectivity index is 1.28. The Labute approximate surface area is 243 Å². The van der Waals surface area contributed by atoms with Crippen LogP contribution in [0, 0.1) is 11.7 Å². The molecule has 42 heavy (non-hydrogen) atoms. The van der Waals surface area contributed by atoms with Gasteiger partial charge in [-0.25, -0.2) is 4.39 Å². The van der Waals surface area contributed by atoms with Crippen LogP contribution in [-0.2, 0) is 13.0 Å². The zero-order chi connectivity index (χ0) is 29.2. The number of nitrogens with one attached hydrogen (secondary N) is 1. The molecule has 2 bridgehead atoms. The van der Waals surface area contributed by atoms with Gasteiger partial charge in [0.05, 0.1) is 11.4 Å². The highest BCUT2D eigenvalue weighted by molar-refractivity contribution is 6.07. The van der Waals surface area contributed by atoms with Gasteiger partial charge >= 0.3 is 0 Å². The van der Waals surface area contributed by atoms with Crippen molar-refractivity contribution in [2.75, 3.05) is 36.9 Å². The molecule has 4 aromatic rings. The molecule has 0 saturated carbocycles. The molecule has 6 rings (SSSR count). The van der Waals surface area contributed by atoms with E-state index in [1.165, 1.54) is 24.3 Å². The van der Waals surface area contributed by atoms with Crippen molar-refractivity contribution in [1.29, 1.82) is 0 Å². The molecular weight excluding hydrogens is 533 g/mol. The Morgan fingerprint density at radius 1 is 0.976 bits per heavy atom. The van der Waals surface area contributed by atoms with Gasteiger partial charge < -0.3 is 19.7 Å². The fourth-order valence-corrected chi connectivity index (χ4v) is 6.08. The Kier molecular flexibility index (Phi) is 7.56. The molecular formula is C33H32FN5O3. The molecule has 2 aliphatic rings. The number of carbonyl (C=O) groups is 2. The van der Waals surface area contributed by atoms with Crippen LogP contribution in [-0.4, -0.2) is 52.9 Å². The van der Waals surface area contributed by atoms with Gasteiger partial charge in [-0.1, -0.05) is 12.1 Å². The van der Waals surface area contributed by atoms with E-state index in [2.05, 4.69) is 15.2 Å². The molecule has 8 nitrogen and oxygen atoms in total. The topological polar surface area (TPSA) is 87.5 Å². The quantitative estimate of drug-likeness (QED) is 0.355. The van der Waals surface area contributed by atoms with E-state index in [1.54, 1.807) is 36.3 Å². The Morgan fingerprint density at radius 2 is 1.79 bits per heavy atom. The molecule has 0 spiro atoms. The maximum atomic E-state index is 13.5. The molecule has 4 heterocycles. The summed E-state index contributed by atoms with van der Waals surface area (Å²) < 4.78 is 15.4. The highest BCUT2D eigenvalue weighted by Crippen LogP contribution is 2.39. The summed E-state index contributed by atoms with van der Waals surface area (Å²) >= 11 is 0. The highest BCUT2D eigenvalue weighted by atomic mass is 19.1. The summed E-state index contributed by atoms with van der Waals surface area (Å²) in [5.41, 5.74) is 4.04. The number of fused-ring (bicyclic) bond motifs is 4. The lowest BCUT2D eigenvalue weighted by Gasteiger charge is -2.44. The first-order chi connectivity index (χ1) is 20.4. The number of hydrogen-bond donors (Lipinski definition) is 1. The molecule has 0 unspecified atom stereocenters. The molecule has 0 aliphatic carbocycles. The normalized spacial score (nSPS) is 17.3. The zero-order valence-corrected chi connectivity index (χ0v) is 23.4. The molecule has 9 heteroatoms. The van der Waals surface area contributed by atoms with Gasteiger partial charge in [0.15, 0.2) is 0 Å². The number of amides is 2. The third-order valence-electron chi connectivity index (χ3n) is 8.19. The van der Waals surface area contributed by atoms with Crippen LogP contribution < -0.4 is 15.8 Å². The van der Waals surface area contributed by atoms with Gasteiger partial charge in [-0.2, -0.15) is 0 Å². The van der Waals surface area contributed by atoms with Crippen molar-refractivity contribution in [1.82, 2.24) is 14.5 Å². The van der Waals surface area contributed by atoms with E-state index in [4.69, 9.17) is 0 Å². The predicted octanol–water partition coefficient (Wildman–Crippen LogP) is 4.57. The highest BCUT2D eigenvalue weighted by Gasteiger charge is 2.35. The number of likely N-dealkylation sites (N-methyl/N-ethyl adjacent to an activating group) is 1. The van der Waals surface area contributed by atoms with E-state index in [0.717, 1.165) is 23.5 Å². The molecule has 1 saturated heterocycles. The van der Waals surface area contributed by atoms with Crippen molar-refractivity contribution in [3.63, 3.8) is 0 Å². The minimum Gasteiger partial charge on any atom is -0.369 e. The van der Waals surface area contributed by atoms with Crippen LogP contribution in [0.3, 0.4) is 0 Å². The van der Waals surface area contributed by atoms with Crippen molar-refractivity contribution >= 4 is 23.2 Å². The summed E-state index contributed by atoms with van der Waals surface area (Å²) in [4.78, 5) is 47.4. The fourth-order valence-electron chi connectivity index (χ4n) is 6.08. The largest absolute Gasteiger partial charge is 0.369 e. The maximum Gasteiger partial charge on any atom is 0.255 e. The number of hydrogen-bond acceptors (Lipinski definition) is 5. The molecule has 214 valence electrons. The average Bonchev–Trinajstić information content (AvgIpc) is 3.00. The van der Waals surface area contributed by atoms with Gasteiger partial charge in [0.2, 0.25) is 0 Å². The van der Waals surface area contributed by atoms with E-state index < -0.39 is 11.7 Å². The minimum atomic E-state index is -0.423. The smallest absolute Gasteiger partial charge is 0.255 e. The second kappa shape index (κ2) is 11.6. The van der Waals surface area contributed by atoms with Crippen LogP contribution in [0.15, 0.2) is 89.9 Å². The number of pyridine rings is 2. The van der Waals surface area contributed by atoms with Crippen LogP contribution in [0.1, 0.15) is 44.4 Å². The molecule has 1 N–H and O–H groups in total. The summed E-state index contributed by atoms with van der Waals surface area (Å²) in [6.45, 7) is 2.53. The van der Waals surface area contributed by atoms with Gasteiger partial charge in [-0.15, -0.1) is 0 Å². The lowest BCUT2D eigenvalue weighted by atomic mass is 9.83. The Hall–Kier alpha value is -4.79. The van der Waals surface area contributed by atoms with Gasteiger partial charge in [0, 0.05) is 80.3 Å². The fraction of sp³-hybridized carbons (Fsp3) is 0.273. The van der Waals surface area contributed by atoms with Crippen LogP contribution in [0.25, 0.3) is 0 Å². The van der Waals surface area contributed by atoms with Crippen molar-refractivity contribution in [3.05, 3.63) is 124 Å². The summed E-state index contributed by atoms with van der Waals surface area (Å²) in [5, 5.41) is 2.99. The van der Waals surface area contributed by atoms with Crippen molar-refractivity contribution in [2.24, 2.45) is 5.92 Å². The van der Waals surface area contributed by atoms with E-state index in [-0.39, 0.29) is 23.3 Å². The average molecular weight is 566 g/mol. The number of anilines is 2. The molecule has 0 radical (unpaired) electrons. The first kappa shape index (κ1) is 27.4. The standard InChI is InChI=1S/C33H32FN5O3/c1-37(16-14-27-5-2-3-15-35-27)33(42)24-10-13-30(28(18-24)36-32(41)23-8-11-26(34)12-9-23)38-19-22-17-25(21-38)29-6-4-7-31(40)39(29)20-22/h2-13,15,18,22,25H,14,16-17,19-21H2,1H3,(H,36,41)/t22-,25+/m1/s1. The van der Waals surface area contributed by atoms with Crippen LogP contribution in [0.4, 0.5) is 15.8 Å². The van der Waals surface area contributed by atoms with Crippen molar-refractivity contribution in [3.8, 4) is 0 Å². The molecule has 2 aliphatic heterocycles. The van der Waals surface area contributed by atoms with Gasteiger partial charge in [-0.05, 0) is 73.0 Å². The van der Waals surface area contributed by atoms with Crippen LogP contribution >= 0.6 is 0 Å². The van der Waals surface area contributed by atoms with Gasteiger partial charge in [0.1, 0.15) is 5.82 Å². The number of nitrogens with zero attached hydrogens (tertiary/aromatic N) is 4. The van der Waals surface area contributed by atoms with Crippen LogP contribution in [0.5, 0.6) is 0 Å². The SMILES string of the molecule is CN(CCc1ccccn1)C(=O)c1ccc(N2C[C@H]3C[C@@H](C2)c2cccc(=O)n2C3)c(NC(=O)c2ccc(F)cc2)c1. The number of piperidine rings is 1. The first-order valence-electron chi connectivity index (χ1n) is 14.2.